The fraction of sp³-hybridized carbons (Fsp3) is 0.684. The first-order chi connectivity index (χ1) is 12.5. The number of β-amino-alcohol motifs (C(OH)–C–C–N with tert-alkyl or cyclic N) is 1. The molecule has 7 heteroatoms. The van der Waals surface area contributed by atoms with Gasteiger partial charge in [0.05, 0.1) is 13.2 Å². The molecule has 2 aliphatic rings. The maximum Gasteiger partial charge on any atom is 0.250 e. The third-order valence-corrected chi connectivity index (χ3v) is 4.91. The van der Waals surface area contributed by atoms with Crippen molar-refractivity contribution >= 4 is 0 Å². The first-order valence-electron chi connectivity index (χ1n) is 9.30. The van der Waals surface area contributed by atoms with Crippen molar-refractivity contribution in [3.05, 3.63) is 29.8 Å². The maximum atomic E-state index is 13.2. The highest BCUT2D eigenvalue weighted by Gasteiger charge is 2.33. The topological polar surface area (TPSA) is 45.2 Å². The predicted octanol–water partition coefficient (Wildman–Crippen LogP) is 1.99. The molecule has 3 rings (SSSR count). The summed E-state index contributed by atoms with van der Waals surface area (Å²) in [6, 6.07) is 7.66. The summed E-state index contributed by atoms with van der Waals surface area (Å²) in [6.07, 6.45) is -0.700. The normalized spacial score (nSPS) is 22.9. The van der Waals surface area contributed by atoms with Crippen molar-refractivity contribution in [3.63, 3.8) is 0 Å². The Morgan fingerprint density at radius 3 is 2.58 bits per heavy atom. The molecule has 0 saturated carbocycles. The summed E-state index contributed by atoms with van der Waals surface area (Å²) in [5.41, 5.74) is 1.04. The largest absolute Gasteiger partial charge is 0.491 e. The van der Waals surface area contributed by atoms with Crippen molar-refractivity contribution in [2.75, 3.05) is 52.5 Å². The van der Waals surface area contributed by atoms with Crippen molar-refractivity contribution in [1.29, 1.82) is 0 Å². The molecule has 26 heavy (non-hydrogen) atoms. The lowest BCUT2D eigenvalue weighted by Gasteiger charge is -2.31. The van der Waals surface area contributed by atoms with Crippen LogP contribution in [0.4, 0.5) is 8.78 Å². The molecule has 1 aromatic rings. The molecule has 1 N–H and O–H groups in total. The van der Waals surface area contributed by atoms with Gasteiger partial charge in [-0.1, -0.05) is 12.1 Å². The maximum absolute atomic E-state index is 13.2. The minimum Gasteiger partial charge on any atom is -0.491 e. The van der Waals surface area contributed by atoms with Crippen molar-refractivity contribution in [3.8, 4) is 5.75 Å². The van der Waals surface area contributed by atoms with Gasteiger partial charge in [-0.3, -0.25) is 9.80 Å². The Morgan fingerprint density at radius 1 is 1.12 bits per heavy atom. The Hall–Kier alpha value is -1.28. The molecular formula is C19H28F2N2O3. The highest BCUT2D eigenvalue weighted by Crippen LogP contribution is 2.28. The van der Waals surface area contributed by atoms with Crippen LogP contribution in [-0.2, 0) is 11.3 Å². The van der Waals surface area contributed by atoms with Gasteiger partial charge in [0.25, 0.3) is 5.92 Å². The fourth-order valence-electron chi connectivity index (χ4n) is 3.36. The molecule has 0 aromatic heterocycles. The van der Waals surface area contributed by atoms with E-state index >= 15 is 0 Å². The first-order valence-corrected chi connectivity index (χ1v) is 9.30. The second kappa shape index (κ2) is 9.08. The minimum atomic E-state index is -2.52. The van der Waals surface area contributed by atoms with Gasteiger partial charge < -0.3 is 14.6 Å². The summed E-state index contributed by atoms with van der Waals surface area (Å²) in [5, 5.41) is 10.2. The van der Waals surface area contributed by atoms with E-state index < -0.39 is 12.0 Å². The molecule has 0 bridgehead atoms. The van der Waals surface area contributed by atoms with Crippen LogP contribution >= 0.6 is 0 Å². The van der Waals surface area contributed by atoms with Gasteiger partial charge in [-0.25, -0.2) is 8.78 Å². The van der Waals surface area contributed by atoms with E-state index in [1.165, 1.54) is 0 Å². The average molecular weight is 370 g/mol. The van der Waals surface area contributed by atoms with E-state index in [1.807, 2.05) is 29.2 Å². The zero-order chi connectivity index (χ0) is 18.4. The predicted molar refractivity (Wildman–Crippen MR) is 94.7 cm³/mol. The highest BCUT2D eigenvalue weighted by atomic mass is 19.3. The summed E-state index contributed by atoms with van der Waals surface area (Å²) in [4.78, 5) is 4.21. The number of halogens is 2. The Balaban J connectivity index is 1.43. The summed E-state index contributed by atoms with van der Waals surface area (Å²) in [5.74, 6) is -1.82. The van der Waals surface area contributed by atoms with E-state index in [4.69, 9.17) is 9.47 Å². The van der Waals surface area contributed by atoms with Crippen LogP contribution in [0.3, 0.4) is 0 Å². The van der Waals surface area contributed by atoms with Gasteiger partial charge in [-0.2, -0.15) is 0 Å². The molecular weight excluding hydrogens is 342 g/mol. The number of likely N-dealkylation sites (tertiary alicyclic amines) is 1. The molecule has 0 unspecified atom stereocenters. The zero-order valence-corrected chi connectivity index (χ0v) is 15.1. The van der Waals surface area contributed by atoms with Crippen molar-refractivity contribution in [2.24, 2.45) is 0 Å². The number of alkyl halides is 2. The lowest BCUT2D eigenvalue weighted by atomic mass is 10.1. The number of nitrogens with zero attached hydrogens (tertiary/aromatic N) is 2. The highest BCUT2D eigenvalue weighted by molar-refractivity contribution is 5.28. The van der Waals surface area contributed by atoms with E-state index in [0.29, 0.717) is 45.1 Å². The lowest BCUT2D eigenvalue weighted by molar-refractivity contribution is -0.0566. The molecule has 0 amide bonds. The molecule has 5 nitrogen and oxygen atoms in total. The van der Waals surface area contributed by atoms with E-state index in [9.17, 15) is 13.9 Å². The number of ether oxygens (including phenoxy) is 2. The second-order valence-corrected chi connectivity index (χ2v) is 7.16. The summed E-state index contributed by atoms with van der Waals surface area (Å²) in [7, 11) is 0. The molecule has 0 aliphatic carbocycles. The van der Waals surface area contributed by atoms with Crippen molar-refractivity contribution in [2.45, 2.75) is 31.4 Å². The smallest absolute Gasteiger partial charge is 0.250 e. The van der Waals surface area contributed by atoms with Crippen LogP contribution in [0.25, 0.3) is 0 Å². The second-order valence-electron chi connectivity index (χ2n) is 7.16. The van der Waals surface area contributed by atoms with E-state index in [1.54, 1.807) is 0 Å². The van der Waals surface area contributed by atoms with E-state index in [2.05, 4.69) is 4.90 Å². The van der Waals surface area contributed by atoms with Gasteiger partial charge in [0.2, 0.25) is 0 Å². The average Bonchev–Trinajstić information content (AvgIpc) is 2.63. The summed E-state index contributed by atoms with van der Waals surface area (Å²) >= 11 is 0. The van der Waals surface area contributed by atoms with Gasteiger partial charge in [0, 0.05) is 52.1 Å². The Labute approximate surface area is 153 Å². The van der Waals surface area contributed by atoms with Crippen LogP contribution in [-0.4, -0.2) is 79.5 Å². The Bertz CT molecular complexity index is 557. The molecule has 2 fully saturated rings. The Kier molecular flexibility index (Phi) is 6.80. The quantitative estimate of drug-likeness (QED) is 0.795. The van der Waals surface area contributed by atoms with Gasteiger partial charge >= 0.3 is 0 Å². The third-order valence-electron chi connectivity index (χ3n) is 4.91. The molecule has 2 saturated heterocycles. The van der Waals surface area contributed by atoms with Gasteiger partial charge in [-0.15, -0.1) is 0 Å². The Morgan fingerprint density at radius 2 is 1.85 bits per heavy atom. The van der Waals surface area contributed by atoms with E-state index in [0.717, 1.165) is 18.7 Å². The molecule has 1 atom stereocenters. The number of hydrogen-bond acceptors (Lipinski definition) is 5. The molecule has 0 radical (unpaired) electrons. The zero-order valence-electron chi connectivity index (χ0n) is 15.1. The number of piperidine rings is 1. The third kappa shape index (κ3) is 6.16. The standard InChI is InChI=1S/C19H28F2N2O3/c20-19(21)4-6-22(7-5-19)13-16-2-1-3-18(12-16)26-15-17(24)14-23-8-10-25-11-9-23/h1-3,12,17,24H,4-11,13-15H2/t17-/m1/s1. The van der Waals surface area contributed by atoms with Gasteiger partial charge in [-0.05, 0) is 17.7 Å². The molecule has 146 valence electrons. The monoisotopic (exact) mass is 370 g/mol. The minimum absolute atomic E-state index is 0.0725. The summed E-state index contributed by atoms with van der Waals surface area (Å²) < 4.78 is 37.5. The fourth-order valence-corrected chi connectivity index (χ4v) is 3.36. The number of rotatable bonds is 7. The van der Waals surface area contributed by atoms with Gasteiger partial charge in [0.15, 0.2) is 0 Å². The molecule has 2 heterocycles. The van der Waals surface area contributed by atoms with Crippen LogP contribution in [0.15, 0.2) is 24.3 Å². The van der Waals surface area contributed by atoms with Crippen LogP contribution in [0.5, 0.6) is 5.75 Å². The number of aliphatic hydroxyl groups is 1. The van der Waals surface area contributed by atoms with Crippen molar-refractivity contribution in [1.82, 2.24) is 9.80 Å². The lowest BCUT2D eigenvalue weighted by Crippen LogP contribution is -2.42. The molecule has 0 spiro atoms. The number of hydrogen-bond donors (Lipinski definition) is 1. The van der Waals surface area contributed by atoms with E-state index in [-0.39, 0.29) is 19.4 Å². The number of morpholine rings is 1. The van der Waals surface area contributed by atoms with Gasteiger partial charge in [0.1, 0.15) is 18.5 Å². The molecule has 1 aromatic carbocycles. The van der Waals surface area contributed by atoms with Crippen LogP contribution in [0, 0.1) is 0 Å². The van der Waals surface area contributed by atoms with Crippen LogP contribution in [0.1, 0.15) is 18.4 Å². The summed E-state index contributed by atoms with van der Waals surface area (Å²) in [6.45, 7) is 5.36. The SMILES string of the molecule is O[C@@H](COc1cccc(CN2CCC(F)(F)CC2)c1)CN1CCOCC1. The number of benzene rings is 1. The number of aliphatic hydroxyl groups excluding tert-OH is 1. The first kappa shape index (κ1) is 19.5. The molecule has 2 aliphatic heterocycles. The van der Waals surface area contributed by atoms with Crippen LogP contribution in [0.2, 0.25) is 0 Å². The van der Waals surface area contributed by atoms with Crippen LogP contribution < -0.4 is 4.74 Å². The van der Waals surface area contributed by atoms with Crippen molar-refractivity contribution < 1.29 is 23.4 Å².